The fraction of sp³-hybridized carbons (Fsp3) is 0.529. The summed E-state index contributed by atoms with van der Waals surface area (Å²) in [7, 11) is 0. The second-order valence-electron chi connectivity index (χ2n) is 6.31. The van der Waals surface area contributed by atoms with Gasteiger partial charge >= 0.3 is 6.15 Å². The molecule has 1 amide bonds. The van der Waals surface area contributed by atoms with Gasteiger partial charge in [0.05, 0.1) is 12.0 Å². The lowest BCUT2D eigenvalue weighted by Crippen LogP contribution is -2.48. The molecule has 1 unspecified atom stereocenters. The number of carbonyl (C=O) groups excluding carboxylic acids is 3. The number of carbonyl (C=O) groups is 1. The maximum atomic E-state index is 12.1. The molecule has 1 saturated heterocycles. The van der Waals surface area contributed by atoms with Gasteiger partial charge in [0, 0.05) is 6.54 Å². The van der Waals surface area contributed by atoms with Crippen LogP contribution in [0.25, 0.3) is 0 Å². The number of hydrogen-bond acceptors (Lipinski definition) is 4. The predicted molar refractivity (Wildman–Crippen MR) is 81.2 cm³/mol. The molecular weight excluding hydrogens is 280 g/mol. The van der Waals surface area contributed by atoms with E-state index in [-0.39, 0.29) is 17.6 Å². The third-order valence-corrected chi connectivity index (χ3v) is 4.20. The van der Waals surface area contributed by atoms with Crippen molar-refractivity contribution in [3.8, 4) is 0 Å². The van der Waals surface area contributed by atoms with Crippen LogP contribution in [0.1, 0.15) is 43.2 Å². The van der Waals surface area contributed by atoms with E-state index in [1.54, 1.807) is 0 Å². The molecule has 0 spiro atoms. The highest BCUT2D eigenvalue weighted by Crippen LogP contribution is 2.39. The summed E-state index contributed by atoms with van der Waals surface area (Å²) >= 11 is 0. The zero-order chi connectivity index (χ0) is 16.0. The van der Waals surface area contributed by atoms with Crippen LogP contribution in [-0.4, -0.2) is 30.7 Å². The van der Waals surface area contributed by atoms with Gasteiger partial charge in [-0.25, -0.2) is 0 Å². The third-order valence-electron chi connectivity index (χ3n) is 4.20. The highest BCUT2D eigenvalue weighted by Gasteiger charge is 2.29. The highest BCUT2D eigenvalue weighted by molar-refractivity contribution is 5.79. The molecule has 2 N–H and O–H groups in total. The SMILES string of the molecule is CC1(NC(=O)Cc2ccc(C3CC3)cc2)CCNC1.O=C=O. The van der Waals surface area contributed by atoms with Crippen molar-refractivity contribution in [1.29, 1.82) is 0 Å². The fourth-order valence-corrected chi connectivity index (χ4v) is 2.81. The highest BCUT2D eigenvalue weighted by atomic mass is 16.2. The Bertz CT molecular complexity index is 538. The minimum absolute atomic E-state index is 0.0644. The van der Waals surface area contributed by atoms with E-state index in [9.17, 15) is 4.79 Å². The van der Waals surface area contributed by atoms with Crippen molar-refractivity contribution in [3.05, 3.63) is 35.4 Å². The van der Waals surface area contributed by atoms with Gasteiger partial charge in [-0.05, 0) is 49.8 Å². The van der Waals surface area contributed by atoms with Crippen LogP contribution in [-0.2, 0) is 20.8 Å². The van der Waals surface area contributed by atoms with Gasteiger partial charge in [-0.2, -0.15) is 9.59 Å². The maximum absolute atomic E-state index is 12.1. The summed E-state index contributed by atoms with van der Waals surface area (Å²) in [6.45, 7) is 3.98. The van der Waals surface area contributed by atoms with E-state index in [2.05, 4.69) is 41.8 Å². The Morgan fingerprint density at radius 3 is 2.45 bits per heavy atom. The molecule has 5 nitrogen and oxygen atoms in total. The van der Waals surface area contributed by atoms with E-state index < -0.39 is 0 Å². The third kappa shape index (κ3) is 4.79. The molecule has 1 saturated carbocycles. The summed E-state index contributed by atoms with van der Waals surface area (Å²) in [5.41, 5.74) is 2.47. The largest absolute Gasteiger partial charge is 0.373 e. The average molecular weight is 302 g/mol. The lowest BCUT2D eigenvalue weighted by Gasteiger charge is -2.24. The van der Waals surface area contributed by atoms with Crippen molar-refractivity contribution in [2.75, 3.05) is 13.1 Å². The summed E-state index contributed by atoms with van der Waals surface area (Å²) < 4.78 is 0. The van der Waals surface area contributed by atoms with Crippen molar-refractivity contribution in [1.82, 2.24) is 10.6 Å². The molecule has 22 heavy (non-hydrogen) atoms. The first-order valence-corrected chi connectivity index (χ1v) is 7.66. The summed E-state index contributed by atoms with van der Waals surface area (Å²) in [5.74, 6) is 0.914. The van der Waals surface area contributed by atoms with E-state index in [1.165, 1.54) is 18.4 Å². The van der Waals surface area contributed by atoms with Crippen molar-refractivity contribution in [2.45, 2.75) is 44.1 Å². The molecule has 0 bridgehead atoms. The van der Waals surface area contributed by atoms with Gasteiger partial charge in [0.2, 0.25) is 5.91 Å². The number of nitrogens with one attached hydrogen (secondary N) is 2. The van der Waals surface area contributed by atoms with Gasteiger partial charge in [-0.15, -0.1) is 0 Å². The fourth-order valence-electron chi connectivity index (χ4n) is 2.81. The predicted octanol–water partition coefficient (Wildman–Crippen LogP) is 1.39. The zero-order valence-corrected chi connectivity index (χ0v) is 12.9. The summed E-state index contributed by atoms with van der Waals surface area (Å²) in [5, 5.41) is 6.45. The Morgan fingerprint density at radius 2 is 1.95 bits per heavy atom. The molecule has 118 valence electrons. The monoisotopic (exact) mass is 302 g/mol. The Hall–Kier alpha value is -1.97. The Balaban J connectivity index is 0.000000545. The van der Waals surface area contributed by atoms with E-state index in [1.807, 2.05) is 0 Å². The van der Waals surface area contributed by atoms with Gasteiger partial charge < -0.3 is 10.6 Å². The number of rotatable bonds is 4. The van der Waals surface area contributed by atoms with Gasteiger partial charge in [0.15, 0.2) is 0 Å². The van der Waals surface area contributed by atoms with Crippen LogP contribution in [0, 0.1) is 0 Å². The molecule has 5 heteroatoms. The van der Waals surface area contributed by atoms with Crippen molar-refractivity contribution >= 4 is 12.1 Å². The first kappa shape index (κ1) is 16.4. The summed E-state index contributed by atoms with van der Waals surface area (Å²) in [6.07, 6.45) is 4.40. The van der Waals surface area contributed by atoms with Crippen molar-refractivity contribution in [2.24, 2.45) is 0 Å². The molecule has 1 aliphatic heterocycles. The molecule has 2 fully saturated rings. The molecule has 1 aromatic carbocycles. The first-order chi connectivity index (χ1) is 10.6. The van der Waals surface area contributed by atoms with Crippen LogP contribution < -0.4 is 10.6 Å². The smallest absolute Gasteiger partial charge is 0.349 e. The van der Waals surface area contributed by atoms with Crippen LogP contribution in [0.2, 0.25) is 0 Å². The molecule has 1 atom stereocenters. The second-order valence-corrected chi connectivity index (χ2v) is 6.31. The quantitative estimate of drug-likeness (QED) is 0.881. The average Bonchev–Trinajstić information content (AvgIpc) is 3.23. The van der Waals surface area contributed by atoms with Crippen LogP contribution >= 0.6 is 0 Å². The Labute approximate surface area is 130 Å². The van der Waals surface area contributed by atoms with Crippen molar-refractivity contribution < 1.29 is 14.4 Å². The van der Waals surface area contributed by atoms with Crippen LogP contribution in [0.4, 0.5) is 0 Å². The lowest BCUT2D eigenvalue weighted by molar-refractivity contribution is -0.191. The van der Waals surface area contributed by atoms with Crippen LogP contribution in [0.15, 0.2) is 24.3 Å². The van der Waals surface area contributed by atoms with Crippen LogP contribution in [0.3, 0.4) is 0 Å². The zero-order valence-electron chi connectivity index (χ0n) is 12.9. The first-order valence-electron chi connectivity index (χ1n) is 7.66. The standard InChI is InChI=1S/C16H22N2O.CO2/c1-16(8-9-17-11-16)18-15(19)10-12-2-4-13(5-3-12)14-6-7-14;2-1-3/h2-5,14,17H,6-11H2,1H3,(H,18,19);. The number of amides is 1. The molecule has 1 aromatic rings. The summed E-state index contributed by atoms with van der Waals surface area (Å²) in [6, 6.07) is 8.56. The van der Waals surface area contributed by atoms with Crippen LogP contribution in [0.5, 0.6) is 0 Å². The molecule has 0 aromatic heterocycles. The minimum Gasteiger partial charge on any atom is -0.349 e. The van der Waals surface area contributed by atoms with Gasteiger partial charge in [0.25, 0.3) is 0 Å². The number of benzene rings is 1. The number of hydrogen-bond donors (Lipinski definition) is 2. The Kier molecular flexibility index (Phi) is 5.47. The second kappa shape index (κ2) is 7.34. The van der Waals surface area contributed by atoms with Gasteiger partial charge in [0.1, 0.15) is 0 Å². The molecule has 1 heterocycles. The minimum atomic E-state index is -0.0644. The Morgan fingerprint density at radius 1 is 1.32 bits per heavy atom. The molecule has 2 aliphatic rings. The van der Waals surface area contributed by atoms with Crippen molar-refractivity contribution in [3.63, 3.8) is 0 Å². The van der Waals surface area contributed by atoms with E-state index in [0.29, 0.717) is 6.42 Å². The topological polar surface area (TPSA) is 75.3 Å². The lowest BCUT2D eigenvalue weighted by atomic mass is 10.0. The molecule has 1 aliphatic carbocycles. The van der Waals surface area contributed by atoms with E-state index >= 15 is 0 Å². The van der Waals surface area contributed by atoms with E-state index in [4.69, 9.17) is 9.59 Å². The normalized spacial score (nSPS) is 23.1. The molecule has 3 rings (SSSR count). The summed E-state index contributed by atoms with van der Waals surface area (Å²) in [4.78, 5) is 28.3. The van der Waals surface area contributed by atoms with Gasteiger partial charge in [-0.3, -0.25) is 4.79 Å². The molecule has 0 radical (unpaired) electrons. The maximum Gasteiger partial charge on any atom is 0.373 e. The van der Waals surface area contributed by atoms with E-state index in [0.717, 1.165) is 31.0 Å². The molecular formula is C17H22N2O3. The van der Waals surface area contributed by atoms with Gasteiger partial charge in [-0.1, -0.05) is 24.3 Å².